The molecule has 1 aromatic rings. The molecule has 0 unspecified atom stereocenters. The molecule has 1 saturated heterocycles. The van der Waals surface area contributed by atoms with Crippen LogP contribution in [0.25, 0.3) is 6.08 Å². The molecular weight excluding hydrogens is 371 g/mol. The van der Waals surface area contributed by atoms with E-state index in [0.717, 1.165) is 19.4 Å². The molecule has 0 spiro atoms. The summed E-state index contributed by atoms with van der Waals surface area (Å²) in [5.41, 5.74) is 0.645. The van der Waals surface area contributed by atoms with Gasteiger partial charge in [-0.25, -0.2) is 0 Å². The number of amides is 2. The van der Waals surface area contributed by atoms with Gasteiger partial charge in [-0.2, -0.15) is 0 Å². The molecule has 1 aromatic carbocycles. The van der Waals surface area contributed by atoms with Gasteiger partial charge in [0.25, 0.3) is 0 Å². The Hall–Kier alpha value is -1.52. The van der Waals surface area contributed by atoms with E-state index >= 15 is 0 Å². The highest BCUT2D eigenvalue weighted by Gasteiger charge is 2.28. The summed E-state index contributed by atoms with van der Waals surface area (Å²) >= 11 is 12.2. The van der Waals surface area contributed by atoms with Gasteiger partial charge in [0.05, 0.1) is 0 Å². The van der Waals surface area contributed by atoms with Crippen LogP contribution >= 0.6 is 23.2 Å². The molecule has 2 amide bonds. The van der Waals surface area contributed by atoms with Gasteiger partial charge in [-0.15, -0.1) is 0 Å². The first-order chi connectivity index (χ1) is 12.4. The molecule has 0 aliphatic carbocycles. The maximum absolute atomic E-state index is 12.4. The highest BCUT2D eigenvalue weighted by Crippen LogP contribution is 2.26. The lowest BCUT2D eigenvalue weighted by atomic mass is 9.95. The number of hydrogen-bond donors (Lipinski definition) is 0. The van der Waals surface area contributed by atoms with Gasteiger partial charge in [0, 0.05) is 54.3 Å². The van der Waals surface area contributed by atoms with Gasteiger partial charge in [-0.05, 0) is 37.5 Å². The molecule has 1 fully saturated rings. The Morgan fingerprint density at radius 3 is 2.42 bits per heavy atom. The Morgan fingerprint density at radius 1 is 1.23 bits per heavy atom. The first-order valence-electron chi connectivity index (χ1n) is 9.10. The average molecular weight is 397 g/mol. The predicted octanol–water partition coefficient (Wildman–Crippen LogP) is 4.50. The van der Waals surface area contributed by atoms with Crippen LogP contribution in [0.4, 0.5) is 0 Å². The molecule has 0 radical (unpaired) electrons. The van der Waals surface area contributed by atoms with Crippen LogP contribution in [-0.4, -0.2) is 48.3 Å². The van der Waals surface area contributed by atoms with Crippen molar-refractivity contribution in [2.24, 2.45) is 5.92 Å². The molecule has 142 valence electrons. The van der Waals surface area contributed by atoms with Crippen molar-refractivity contribution in [3.8, 4) is 0 Å². The molecule has 1 heterocycles. The summed E-state index contributed by atoms with van der Waals surface area (Å²) in [5.74, 6) is 0.137. The number of benzene rings is 1. The molecular formula is C20H26Cl2N2O2. The quantitative estimate of drug-likeness (QED) is 0.663. The van der Waals surface area contributed by atoms with Crippen molar-refractivity contribution in [2.75, 3.05) is 26.7 Å². The van der Waals surface area contributed by atoms with E-state index in [1.807, 2.05) is 11.9 Å². The van der Waals surface area contributed by atoms with Crippen molar-refractivity contribution >= 4 is 41.1 Å². The lowest BCUT2D eigenvalue weighted by molar-refractivity contribution is -0.138. The number of piperidine rings is 1. The normalized spacial score (nSPS) is 15.5. The van der Waals surface area contributed by atoms with Gasteiger partial charge in [-0.3, -0.25) is 9.59 Å². The zero-order valence-electron chi connectivity index (χ0n) is 15.4. The fraction of sp³-hybridized carbons (Fsp3) is 0.500. The van der Waals surface area contributed by atoms with E-state index in [1.165, 1.54) is 6.08 Å². The largest absolute Gasteiger partial charge is 0.346 e. The molecule has 0 N–H and O–H groups in total. The van der Waals surface area contributed by atoms with Crippen LogP contribution in [0.1, 0.15) is 38.2 Å². The molecule has 4 nitrogen and oxygen atoms in total. The van der Waals surface area contributed by atoms with E-state index in [-0.39, 0.29) is 17.7 Å². The second kappa shape index (κ2) is 9.98. The van der Waals surface area contributed by atoms with Crippen LogP contribution in [0.3, 0.4) is 0 Å². The Labute approximate surface area is 165 Å². The highest BCUT2D eigenvalue weighted by atomic mass is 35.5. The third-order valence-corrected chi connectivity index (χ3v) is 5.43. The maximum atomic E-state index is 12.4. The van der Waals surface area contributed by atoms with Crippen LogP contribution in [0.15, 0.2) is 24.3 Å². The molecule has 1 aliphatic rings. The number of rotatable bonds is 6. The predicted molar refractivity (Wildman–Crippen MR) is 107 cm³/mol. The number of hydrogen-bond acceptors (Lipinski definition) is 2. The summed E-state index contributed by atoms with van der Waals surface area (Å²) in [7, 11) is 1.87. The first-order valence-corrected chi connectivity index (χ1v) is 9.85. The van der Waals surface area contributed by atoms with Gasteiger partial charge in [0.15, 0.2) is 0 Å². The monoisotopic (exact) mass is 396 g/mol. The number of carbonyl (C=O) groups is 2. The Balaban J connectivity index is 1.88. The topological polar surface area (TPSA) is 40.6 Å². The van der Waals surface area contributed by atoms with Crippen molar-refractivity contribution in [1.82, 2.24) is 9.80 Å². The molecule has 0 aromatic heterocycles. The standard InChI is InChI=1S/C20H26Cl2N2O2/c1-3-4-12-23(2)20(26)15-10-13-24(14-11-15)19(25)9-8-16-17(21)6-5-7-18(16)22/h5-9,15H,3-4,10-14H2,1-2H3/b9-8+. The molecule has 6 heteroatoms. The molecule has 0 atom stereocenters. The minimum Gasteiger partial charge on any atom is -0.346 e. The second-order valence-electron chi connectivity index (χ2n) is 6.68. The Kier molecular flexibility index (Phi) is 7.98. The first kappa shape index (κ1) is 20.8. The van der Waals surface area contributed by atoms with Gasteiger partial charge in [0.1, 0.15) is 0 Å². The molecule has 0 saturated carbocycles. The van der Waals surface area contributed by atoms with E-state index in [1.54, 1.807) is 29.2 Å². The van der Waals surface area contributed by atoms with Gasteiger partial charge in [-0.1, -0.05) is 42.6 Å². The van der Waals surface area contributed by atoms with Gasteiger partial charge in [0.2, 0.25) is 11.8 Å². The molecule has 0 bridgehead atoms. The zero-order valence-corrected chi connectivity index (χ0v) is 16.9. The number of likely N-dealkylation sites (tertiary alicyclic amines) is 1. The Bertz CT molecular complexity index is 648. The van der Waals surface area contributed by atoms with E-state index in [2.05, 4.69) is 6.92 Å². The second-order valence-corrected chi connectivity index (χ2v) is 7.50. The van der Waals surface area contributed by atoms with Crippen LogP contribution in [0.5, 0.6) is 0 Å². The van der Waals surface area contributed by atoms with Crippen molar-refractivity contribution in [2.45, 2.75) is 32.6 Å². The average Bonchev–Trinajstić information content (AvgIpc) is 2.65. The maximum Gasteiger partial charge on any atom is 0.246 e. The van der Waals surface area contributed by atoms with Crippen molar-refractivity contribution in [3.05, 3.63) is 39.9 Å². The van der Waals surface area contributed by atoms with Crippen LogP contribution < -0.4 is 0 Å². The van der Waals surface area contributed by atoms with Crippen molar-refractivity contribution < 1.29 is 9.59 Å². The van der Waals surface area contributed by atoms with Gasteiger partial charge < -0.3 is 9.80 Å². The van der Waals surface area contributed by atoms with Crippen molar-refractivity contribution in [3.63, 3.8) is 0 Å². The highest BCUT2D eigenvalue weighted by molar-refractivity contribution is 6.37. The summed E-state index contributed by atoms with van der Waals surface area (Å²) in [6.45, 7) is 4.11. The minimum atomic E-state index is -0.0776. The van der Waals surface area contributed by atoms with E-state index < -0.39 is 0 Å². The molecule has 2 rings (SSSR count). The SMILES string of the molecule is CCCCN(C)C(=O)C1CCN(C(=O)/C=C/c2c(Cl)cccc2Cl)CC1. The summed E-state index contributed by atoms with van der Waals surface area (Å²) in [6, 6.07) is 5.25. The minimum absolute atomic E-state index is 0.0166. The smallest absolute Gasteiger partial charge is 0.246 e. The number of nitrogens with zero attached hydrogens (tertiary/aromatic N) is 2. The fourth-order valence-electron chi connectivity index (χ4n) is 3.09. The van der Waals surface area contributed by atoms with Crippen LogP contribution in [-0.2, 0) is 9.59 Å². The summed E-state index contributed by atoms with van der Waals surface area (Å²) in [6.07, 6.45) is 6.68. The Morgan fingerprint density at radius 2 is 1.85 bits per heavy atom. The third kappa shape index (κ3) is 5.49. The van der Waals surface area contributed by atoms with Crippen LogP contribution in [0.2, 0.25) is 10.0 Å². The van der Waals surface area contributed by atoms with Gasteiger partial charge >= 0.3 is 0 Å². The van der Waals surface area contributed by atoms with Crippen molar-refractivity contribution in [1.29, 1.82) is 0 Å². The molecule has 26 heavy (non-hydrogen) atoms. The van der Waals surface area contributed by atoms with E-state index in [0.29, 0.717) is 41.5 Å². The molecule has 1 aliphatic heterocycles. The lowest BCUT2D eigenvalue weighted by Crippen LogP contribution is -2.43. The number of unbranched alkanes of at least 4 members (excludes halogenated alkanes) is 1. The lowest BCUT2D eigenvalue weighted by Gasteiger charge is -2.32. The number of halogens is 2. The van der Waals surface area contributed by atoms with E-state index in [9.17, 15) is 9.59 Å². The third-order valence-electron chi connectivity index (χ3n) is 4.77. The number of carbonyl (C=O) groups excluding carboxylic acids is 2. The van der Waals surface area contributed by atoms with Crippen LogP contribution in [0, 0.1) is 5.92 Å². The van der Waals surface area contributed by atoms with E-state index in [4.69, 9.17) is 23.2 Å². The summed E-state index contributed by atoms with van der Waals surface area (Å²) in [5, 5.41) is 1.03. The fourth-order valence-corrected chi connectivity index (χ4v) is 3.62. The zero-order chi connectivity index (χ0) is 19.1. The summed E-state index contributed by atoms with van der Waals surface area (Å²) < 4.78 is 0. The summed E-state index contributed by atoms with van der Waals surface area (Å²) in [4.78, 5) is 28.4.